The Balaban J connectivity index is 1.53. The highest BCUT2D eigenvalue weighted by Gasteiger charge is 2.21. The van der Waals surface area contributed by atoms with Crippen LogP contribution in [0.2, 0.25) is 0 Å². The third kappa shape index (κ3) is 5.50. The van der Waals surface area contributed by atoms with Crippen LogP contribution in [0.25, 0.3) is 11.1 Å². The molecule has 4 nitrogen and oxygen atoms in total. The number of carbonyl (C=O) groups is 2. The maximum Gasteiger partial charge on any atom is 0.254 e. The lowest BCUT2D eigenvalue weighted by atomic mass is 10.0. The first-order chi connectivity index (χ1) is 15.7. The zero-order valence-electron chi connectivity index (χ0n) is 17.6. The predicted octanol–water partition coefficient (Wildman–Crippen LogP) is 5.57. The number of carbonyl (C=O) groups excluding carboxylic acids is 2. The van der Waals surface area contributed by atoms with Crippen LogP contribution in [0.3, 0.4) is 0 Å². The van der Waals surface area contributed by atoms with Crippen molar-refractivity contribution in [2.24, 2.45) is 0 Å². The van der Waals surface area contributed by atoms with E-state index in [-0.39, 0.29) is 18.2 Å². The monoisotopic (exact) mass is 440 g/mol. The second-order valence-corrected chi connectivity index (χ2v) is 8.30. The first kappa shape index (κ1) is 21.5. The van der Waals surface area contributed by atoms with Crippen molar-refractivity contribution in [3.05, 3.63) is 113 Å². The molecule has 0 spiro atoms. The number of nitrogens with one attached hydrogen (secondary N) is 2. The molecule has 1 aromatic heterocycles. The summed E-state index contributed by atoms with van der Waals surface area (Å²) in [6.07, 6.45) is 1.00. The van der Waals surface area contributed by atoms with Crippen LogP contribution in [-0.2, 0) is 17.6 Å². The quantitative estimate of drug-likeness (QED) is 0.376. The Labute approximate surface area is 191 Å². The van der Waals surface area contributed by atoms with Gasteiger partial charge in [0.15, 0.2) is 0 Å². The fraction of sp³-hybridized carbons (Fsp3) is 0.111. The molecular formula is C27H24N2O2S. The minimum absolute atomic E-state index is 0.143. The Bertz CT molecular complexity index is 1170. The van der Waals surface area contributed by atoms with Gasteiger partial charge in [0.2, 0.25) is 5.91 Å². The largest absolute Gasteiger partial charge is 0.352 e. The number of amides is 2. The molecule has 0 aliphatic rings. The molecule has 3 aromatic carbocycles. The van der Waals surface area contributed by atoms with Crippen LogP contribution >= 0.6 is 11.3 Å². The van der Waals surface area contributed by atoms with Gasteiger partial charge in [-0.15, -0.1) is 11.3 Å². The second-order valence-electron chi connectivity index (χ2n) is 7.42. The van der Waals surface area contributed by atoms with E-state index in [4.69, 9.17) is 0 Å². The summed E-state index contributed by atoms with van der Waals surface area (Å²) in [6.45, 7) is 0.518. The smallest absolute Gasteiger partial charge is 0.254 e. The summed E-state index contributed by atoms with van der Waals surface area (Å²) < 4.78 is 0. The van der Waals surface area contributed by atoms with Gasteiger partial charge in [0, 0.05) is 17.5 Å². The van der Waals surface area contributed by atoms with Crippen LogP contribution in [0.1, 0.15) is 21.5 Å². The van der Waals surface area contributed by atoms with E-state index in [0.29, 0.717) is 17.1 Å². The van der Waals surface area contributed by atoms with Crippen molar-refractivity contribution in [3.63, 3.8) is 0 Å². The number of hydrogen-bond acceptors (Lipinski definition) is 3. The van der Waals surface area contributed by atoms with Gasteiger partial charge in [-0.05, 0) is 23.1 Å². The summed E-state index contributed by atoms with van der Waals surface area (Å²) in [5, 5.41) is 8.48. The van der Waals surface area contributed by atoms with Crippen LogP contribution in [0.4, 0.5) is 5.00 Å². The van der Waals surface area contributed by atoms with E-state index in [0.717, 1.165) is 28.7 Å². The van der Waals surface area contributed by atoms with Crippen LogP contribution in [0, 0.1) is 0 Å². The maximum atomic E-state index is 13.2. The standard InChI is InChI=1S/C27H24N2O2S/c30-24(18-21-12-6-2-7-13-21)29-27-25(23(19-32-27)22-14-8-3-9-15-22)26(31)28-17-16-20-10-4-1-5-11-20/h1-15,19H,16-18H2,(H,28,31)(H,29,30). The van der Waals surface area contributed by atoms with Gasteiger partial charge in [-0.3, -0.25) is 9.59 Å². The van der Waals surface area contributed by atoms with Gasteiger partial charge in [-0.25, -0.2) is 0 Å². The summed E-state index contributed by atoms with van der Waals surface area (Å²) in [6, 6.07) is 29.4. The molecule has 0 atom stereocenters. The van der Waals surface area contributed by atoms with E-state index in [1.165, 1.54) is 11.3 Å². The topological polar surface area (TPSA) is 58.2 Å². The summed E-state index contributed by atoms with van der Waals surface area (Å²) in [4.78, 5) is 25.9. The van der Waals surface area contributed by atoms with Gasteiger partial charge in [0.1, 0.15) is 5.00 Å². The average molecular weight is 441 g/mol. The van der Waals surface area contributed by atoms with E-state index in [9.17, 15) is 9.59 Å². The molecule has 0 saturated heterocycles. The molecule has 0 aliphatic carbocycles. The first-order valence-electron chi connectivity index (χ1n) is 10.5. The lowest BCUT2D eigenvalue weighted by Gasteiger charge is -2.11. The number of hydrogen-bond donors (Lipinski definition) is 2. The molecule has 0 saturated carbocycles. The summed E-state index contributed by atoms with van der Waals surface area (Å²) >= 11 is 1.38. The van der Waals surface area contributed by atoms with Crippen molar-refractivity contribution < 1.29 is 9.59 Å². The Morgan fingerprint density at radius 3 is 2.00 bits per heavy atom. The van der Waals surface area contributed by atoms with E-state index in [1.807, 2.05) is 96.4 Å². The molecule has 4 aromatic rings. The fourth-order valence-electron chi connectivity index (χ4n) is 3.51. The minimum atomic E-state index is -0.184. The van der Waals surface area contributed by atoms with Crippen molar-refractivity contribution in [1.29, 1.82) is 0 Å². The molecule has 0 aliphatic heterocycles. The molecule has 1 heterocycles. The van der Waals surface area contributed by atoms with Crippen molar-refractivity contribution in [2.45, 2.75) is 12.8 Å². The average Bonchev–Trinajstić information content (AvgIpc) is 3.24. The van der Waals surface area contributed by atoms with Crippen LogP contribution in [0.5, 0.6) is 0 Å². The van der Waals surface area contributed by atoms with Crippen molar-refractivity contribution >= 4 is 28.2 Å². The van der Waals surface area contributed by atoms with Gasteiger partial charge in [0.05, 0.1) is 12.0 Å². The number of thiophene rings is 1. The Kier molecular flexibility index (Phi) is 7.10. The third-order valence-electron chi connectivity index (χ3n) is 5.11. The zero-order valence-corrected chi connectivity index (χ0v) is 18.4. The lowest BCUT2D eigenvalue weighted by molar-refractivity contribution is -0.115. The van der Waals surface area contributed by atoms with Gasteiger partial charge in [-0.2, -0.15) is 0 Å². The van der Waals surface area contributed by atoms with E-state index >= 15 is 0 Å². The van der Waals surface area contributed by atoms with Crippen molar-refractivity contribution in [3.8, 4) is 11.1 Å². The first-order valence-corrected chi connectivity index (χ1v) is 11.4. The molecule has 0 radical (unpaired) electrons. The molecule has 5 heteroatoms. The van der Waals surface area contributed by atoms with Crippen LogP contribution in [-0.4, -0.2) is 18.4 Å². The highest BCUT2D eigenvalue weighted by Crippen LogP contribution is 2.35. The predicted molar refractivity (Wildman–Crippen MR) is 131 cm³/mol. The Morgan fingerprint density at radius 2 is 1.34 bits per heavy atom. The molecule has 4 rings (SSSR count). The molecular weight excluding hydrogens is 416 g/mol. The van der Waals surface area contributed by atoms with Crippen molar-refractivity contribution in [1.82, 2.24) is 5.32 Å². The van der Waals surface area contributed by atoms with Gasteiger partial charge in [-0.1, -0.05) is 91.0 Å². The Morgan fingerprint density at radius 1 is 0.750 bits per heavy atom. The van der Waals surface area contributed by atoms with Crippen LogP contribution in [0.15, 0.2) is 96.4 Å². The summed E-state index contributed by atoms with van der Waals surface area (Å²) in [7, 11) is 0. The number of rotatable bonds is 8. The summed E-state index contributed by atoms with van der Waals surface area (Å²) in [5.41, 5.74) is 4.37. The SMILES string of the molecule is O=C(Cc1ccccc1)Nc1scc(-c2ccccc2)c1C(=O)NCCc1ccccc1. The second kappa shape index (κ2) is 10.6. The van der Waals surface area contributed by atoms with Gasteiger partial charge >= 0.3 is 0 Å². The zero-order chi connectivity index (χ0) is 22.2. The van der Waals surface area contributed by atoms with E-state index < -0.39 is 0 Å². The molecule has 0 bridgehead atoms. The van der Waals surface area contributed by atoms with Gasteiger partial charge in [0.25, 0.3) is 5.91 Å². The highest BCUT2D eigenvalue weighted by molar-refractivity contribution is 7.15. The fourth-order valence-corrected chi connectivity index (χ4v) is 4.49. The number of benzene rings is 3. The molecule has 2 amide bonds. The summed E-state index contributed by atoms with van der Waals surface area (Å²) in [5.74, 6) is -0.327. The van der Waals surface area contributed by atoms with Gasteiger partial charge < -0.3 is 10.6 Å². The van der Waals surface area contributed by atoms with Crippen LogP contribution < -0.4 is 10.6 Å². The normalized spacial score (nSPS) is 10.5. The highest BCUT2D eigenvalue weighted by atomic mass is 32.1. The molecule has 2 N–H and O–H groups in total. The minimum Gasteiger partial charge on any atom is -0.352 e. The molecule has 32 heavy (non-hydrogen) atoms. The van der Waals surface area contributed by atoms with Crippen molar-refractivity contribution in [2.75, 3.05) is 11.9 Å². The third-order valence-corrected chi connectivity index (χ3v) is 6.00. The molecule has 0 unspecified atom stereocenters. The lowest BCUT2D eigenvalue weighted by Crippen LogP contribution is -2.27. The molecule has 0 fully saturated rings. The molecule has 160 valence electrons. The maximum absolute atomic E-state index is 13.2. The van der Waals surface area contributed by atoms with E-state index in [1.54, 1.807) is 0 Å². The van der Waals surface area contributed by atoms with E-state index in [2.05, 4.69) is 10.6 Å². The number of anilines is 1. The Hall–Kier alpha value is -3.70.